The summed E-state index contributed by atoms with van der Waals surface area (Å²) in [5, 5.41) is 14.2. The van der Waals surface area contributed by atoms with Crippen molar-refractivity contribution < 1.29 is 23.9 Å². The SMILES string of the molecule is CC(=O)N1CC2=C(C1=O)[C@H](c1ccc(-c3ccccc3C(=O)O)o1)c1cn(CCC(C)C)c3cccc(c13)N2. The lowest BCUT2D eigenvalue weighted by atomic mass is 9.88. The summed E-state index contributed by atoms with van der Waals surface area (Å²) in [5.41, 5.74) is 4.57. The molecule has 0 saturated carbocycles. The van der Waals surface area contributed by atoms with Crippen LogP contribution in [0, 0.1) is 5.92 Å². The van der Waals surface area contributed by atoms with Crippen LogP contribution in [0.15, 0.2) is 76.5 Å². The van der Waals surface area contributed by atoms with Gasteiger partial charge in [0.05, 0.1) is 29.1 Å². The normalized spacial score (nSPS) is 16.6. The van der Waals surface area contributed by atoms with Crippen LogP contribution in [0.4, 0.5) is 5.69 Å². The minimum absolute atomic E-state index is 0.133. The summed E-state index contributed by atoms with van der Waals surface area (Å²) in [6, 6.07) is 16.3. The summed E-state index contributed by atoms with van der Waals surface area (Å²) in [6.07, 6.45) is 3.09. The highest BCUT2D eigenvalue weighted by Crippen LogP contribution is 2.47. The third-order valence-electron chi connectivity index (χ3n) is 7.60. The van der Waals surface area contributed by atoms with Gasteiger partial charge >= 0.3 is 5.97 Å². The third kappa shape index (κ3) is 4.03. The topological polar surface area (TPSA) is 105 Å². The number of carbonyl (C=O) groups is 3. The van der Waals surface area contributed by atoms with Gasteiger partial charge < -0.3 is 19.4 Å². The second kappa shape index (κ2) is 9.31. The first-order chi connectivity index (χ1) is 18.7. The van der Waals surface area contributed by atoms with Gasteiger partial charge in [0.25, 0.3) is 5.91 Å². The van der Waals surface area contributed by atoms with E-state index in [2.05, 4.69) is 36.0 Å². The average molecular weight is 524 g/mol. The maximum atomic E-state index is 13.7. The van der Waals surface area contributed by atoms with Crippen LogP contribution in [0.3, 0.4) is 0 Å². The molecular weight excluding hydrogens is 494 g/mol. The predicted octanol–water partition coefficient (Wildman–Crippen LogP) is 5.85. The molecule has 0 unspecified atom stereocenters. The van der Waals surface area contributed by atoms with Crippen LogP contribution in [0.5, 0.6) is 0 Å². The van der Waals surface area contributed by atoms with E-state index in [0.717, 1.165) is 35.1 Å². The Balaban J connectivity index is 1.56. The lowest BCUT2D eigenvalue weighted by Gasteiger charge is -2.17. The van der Waals surface area contributed by atoms with Crippen LogP contribution in [-0.2, 0) is 16.1 Å². The predicted molar refractivity (Wildman–Crippen MR) is 147 cm³/mol. The molecular formula is C31H29N3O5. The van der Waals surface area contributed by atoms with Gasteiger partial charge in [-0.3, -0.25) is 14.5 Å². The highest BCUT2D eigenvalue weighted by Gasteiger charge is 2.43. The number of nitrogens with zero attached hydrogens (tertiary/aromatic N) is 2. The van der Waals surface area contributed by atoms with Crippen LogP contribution in [-0.4, -0.2) is 38.9 Å². The fourth-order valence-corrected chi connectivity index (χ4v) is 5.69. The number of nitrogens with one attached hydrogen (secondary N) is 1. The zero-order chi connectivity index (χ0) is 27.4. The molecule has 2 aromatic carbocycles. The minimum atomic E-state index is -1.05. The van der Waals surface area contributed by atoms with Crippen LogP contribution < -0.4 is 5.32 Å². The molecule has 8 nitrogen and oxygen atoms in total. The van der Waals surface area contributed by atoms with Gasteiger partial charge in [-0.15, -0.1) is 0 Å². The number of benzene rings is 2. The summed E-state index contributed by atoms with van der Waals surface area (Å²) in [6.45, 7) is 6.75. The molecule has 2 aliphatic rings. The van der Waals surface area contributed by atoms with Crippen molar-refractivity contribution in [3.8, 4) is 11.3 Å². The van der Waals surface area contributed by atoms with Crippen molar-refractivity contribution in [2.24, 2.45) is 5.92 Å². The van der Waals surface area contributed by atoms with Crippen molar-refractivity contribution in [2.75, 3.05) is 11.9 Å². The average Bonchev–Trinajstić information content (AvgIpc) is 3.59. The summed E-state index contributed by atoms with van der Waals surface area (Å²) in [5.74, 6) is -0.868. The molecule has 1 atom stereocenters. The van der Waals surface area contributed by atoms with Gasteiger partial charge in [0.1, 0.15) is 11.5 Å². The van der Waals surface area contributed by atoms with E-state index >= 15 is 0 Å². The number of carboxylic acid groups (broad SMARTS) is 1. The van der Waals surface area contributed by atoms with E-state index in [1.54, 1.807) is 30.3 Å². The van der Waals surface area contributed by atoms with Crippen LogP contribution >= 0.6 is 0 Å². The second-order valence-corrected chi connectivity index (χ2v) is 10.6. The maximum Gasteiger partial charge on any atom is 0.336 e. The number of anilines is 1. The quantitative estimate of drug-likeness (QED) is 0.329. The molecule has 0 spiro atoms. The molecule has 0 aliphatic carbocycles. The molecule has 2 aliphatic heterocycles. The number of aromatic nitrogens is 1. The molecule has 2 N–H and O–H groups in total. The van der Waals surface area contributed by atoms with E-state index in [1.165, 1.54) is 17.9 Å². The number of hydrogen-bond acceptors (Lipinski definition) is 5. The Kier molecular flexibility index (Phi) is 5.90. The van der Waals surface area contributed by atoms with Crippen molar-refractivity contribution in [2.45, 2.75) is 39.7 Å². The molecule has 4 aromatic rings. The summed E-state index contributed by atoms with van der Waals surface area (Å²) >= 11 is 0. The van der Waals surface area contributed by atoms with E-state index in [0.29, 0.717) is 34.3 Å². The molecule has 0 saturated heterocycles. The lowest BCUT2D eigenvalue weighted by molar-refractivity contribution is -0.139. The zero-order valence-electron chi connectivity index (χ0n) is 22.0. The Hall–Kier alpha value is -4.59. The Labute approximate surface area is 225 Å². The summed E-state index contributed by atoms with van der Waals surface area (Å²) in [7, 11) is 0. The van der Waals surface area contributed by atoms with Gasteiger partial charge in [-0.05, 0) is 48.2 Å². The molecule has 4 heterocycles. The van der Waals surface area contributed by atoms with Gasteiger partial charge in [0, 0.05) is 42.0 Å². The van der Waals surface area contributed by atoms with E-state index < -0.39 is 11.9 Å². The van der Waals surface area contributed by atoms with Crippen molar-refractivity contribution in [3.05, 3.63) is 89.0 Å². The van der Waals surface area contributed by atoms with Crippen molar-refractivity contribution >= 4 is 34.4 Å². The number of aryl methyl sites for hydroxylation is 1. The fraction of sp³-hybridized carbons (Fsp3) is 0.258. The molecule has 39 heavy (non-hydrogen) atoms. The van der Waals surface area contributed by atoms with E-state index in [-0.39, 0.29) is 23.9 Å². The maximum absolute atomic E-state index is 13.7. The lowest BCUT2D eigenvalue weighted by Crippen LogP contribution is -2.33. The number of rotatable bonds is 6. The fourth-order valence-electron chi connectivity index (χ4n) is 5.69. The van der Waals surface area contributed by atoms with Gasteiger partial charge in [-0.1, -0.05) is 38.1 Å². The number of aromatic carboxylic acids is 1. The first-order valence-electron chi connectivity index (χ1n) is 13.1. The highest BCUT2D eigenvalue weighted by atomic mass is 16.4. The summed E-state index contributed by atoms with van der Waals surface area (Å²) in [4.78, 5) is 39.2. The molecule has 2 aromatic heterocycles. The number of carbonyl (C=O) groups excluding carboxylic acids is 2. The Morgan fingerprint density at radius 3 is 2.64 bits per heavy atom. The second-order valence-electron chi connectivity index (χ2n) is 10.6. The Bertz CT molecular complexity index is 1690. The highest BCUT2D eigenvalue weighted by molar-refractivity contribution is 6.11. The first-order valence-corrected chi connectivity index (χ1v) is 13.1. The van der Waals surface area contributed by atoms with Gasteiger partial charge in [0.2, 0.25) is 5.91 Å². The number of amides is 2. The molecule has 198 valence electrons. The van der Waals surface area contributed by atoms with Crippen LogP contribution in [0.2, 0.25) is 0 Å². The smallest absolute Gasteiger partial charge is 0.336 e. The van der Waals surface area contributed by atoms with Crippen molar-refractivity contribution in [1.29, 1.82) is 0 Å². The number of furan rings is 1. The molecule has 8 heteroatoms. The van der Waals surface area contributed by atoms with Crippen LogP contribution in [0.1, 0.15) is 54.8 Å². The van der Waals surface area contributed by atoms with Crippen molar-refractivity contribution in [1.82, 2.24) is 9.47 Å². The monoisotopic (exact) mass is 523 g/mol. The van der Waals surface area contributed by atoms with E-state index in [4.69, 9.17) is 4.42 Å². The van der Waals surface area contributed by atoms with E-state index in [9.17, 15) is 19.5 Å². The molecule has 6 rings (SSSR count). The Morgan fingerprint density at radius 1 is 1.10 bits per heavy atom. The number of hydrogen-bond donors (Lipinski definition) is 2. The number of imide groups is 1. The summed E-state index contributed by atoms with van der Waals surface area (Å²) < 4.78 is 8.59. The number of carboxylic acids is 1. The minimum Gasteiger partial charge on any atom is -0.478 e. The standard InChI is InChI=1S/C31H29N3O5/c1-17(2)13-14-33-15-21-27-22(9-6-10-24(27)33)32-23-16-34(18(3)35)30(36)29(23)28(21)26-12-11-25(39-26)19-7-4-5-8-20(19)31(37)38/h4-12,15,17,28,32H,13-14,16H2,1-3H3,(H,37,38)/t28-/m0/s1. The van der Waals surface area contributed by atoms with E-state index in [1.807, 2.05) is 12.1 Å². The van der Waals surface area contributed by atoms with Gasteiger partial charge in [0.15, 0.2) is 0 Å². The van der Waals surface area contributed by atoms with Crippen molar-refractivity contribution in [3.63, 3.8) is 0 Å². The molecule has 0 bridgehead atoms. The molecule has 2 amide bonds. The van der Waals surface area contributed by atoms with Gasteiger partial charge in [-0.2, -0.15) is 0 Å². The molecule has 0 fully saturated rings. The first kappa shape index (κ1) is 24.7. The third-order valence-corrected chi connectivity index (χ3v) is 7.60. The van der Waals surface area contributed by atoms with Crippen LogP contribution in [0.25, 0.3) is 22.2 Å². The molecule has 0 radical (unpaired) electrons. The van der Waals surface area contributed by atoms with Gasteiger partial charge in [-0.25, -0.2) is 4.79 Å². The zero-order valence-corrected chi connectivity index (χ0v) is 22.0. The Morgan fingerprint density at radius 2 is 1.90 bits per heavy atom. The largest absolute Gasteiger partial charge is 0.478 e.